The van der Waals surface area contributed by atoms with Crippen LogP contribution >= 0.6 is 11.6 Å². The molecule has 0 bridgehead atoms. The van der Waals surface area contributed by atoms with Crippen LogP contribution in [0.4, 0.5) is 4.39 Å². The Hall–Kier alpha value is -2.40. The highest BCUT2D eigenvalue weighted by atomic mass is 35.5. The molecule has 0 aliphatic carbocycles. The normalized spacial score (nSPS) is 17.2. The molecule has 1 atom stereocenters. The smallest absolute Gasteiger partial charge is 0.253 e. The van der Waals surface area contributed by atoms with E-state index < -0.39 is 0 Å². The summed E-state index contributed by atoms with van der Waals surface area (Å²) in [6.45, 7) is 2.61. The predicted molar refractivity (Wildman–Crippen MR) is 99.4 cm³/mol. The largest absolute Gasteiger partial charge is 0.369 e. The molecular formula is C20H20ClFN2O2. The number of aryl methyl sites for hydroxylation is 1. The summed E-state index contributed by atoms with van der Waals surface area (Å²) >= 11 is 6.18. The average Bonchev–Trinajstić information content (AvgIpc) is 2.64. The van der Waals surface area contributed by atoms with E-state index in [4.69, 9.17) is 17.3 Å². The number of hydrogen-bond donors (Lipinski definition) is 1. The Labute approximate surface area is 156 Å². The van der Waals surface area contributed by atoms with Crippen LogP contribution in [-0.4, -0.2) is 29.8 Å². The van der Waals surface area contributed by atoms with Crippen LogP contribution in [0.1, 0.15) is 28.8 Å². The summed E-state index contributed by atoms with van der Waals surface area (Å²) in [5, 5.41) is 0.296. The molecule has 2 amide bonds. The number of primary amides is 1. The topological polar surface area (TPSA) is 63.4 Å². The van der Waals surface area contributed by atoms with Gasteiger partial charge in [-0.05, 0) is 55.2 Å². The van der Waals surface area contributed by atoms with Gasteiger partial charge >= 0.3 is 0 Å². The van der Waals surface area contributed by atoms with Gasteiger partial charge in [0.15, 0.2) is 0 Å². The fourth-order valence-corrected chi connectivity index (χ4v) is 3.53. The molecule has 26 heavy (non-hydrogen) atoms. The minimum absolute atomic E-state index is 0.146. The number of amides is 2. The van der Waals surface area contributed by atoms with Crippen molar-refractivity contribution in [3.05, 3.63) is 58.4 Å². The fraction of sp³-hybridized carbons (Fsp3) is 0.300. The van der Waals surface area contributed by atoms with Crippen LogP contribution < -0.4 is 5.73 Å². The minimum Gasteiger partial charge on any atom is -0.369 e. The van der Waals surface area contributed by atoms with Gasteiger partial charge < -0.3 is 10.6 Å². The van der Waals surface area contributed by atoms with Gasteiger partial charge in [-0.3, -0.25) is 9.59 Å². The van der Waals surface area contributed by atoms with Crippen molar-refractivity contribution < 1.29 is 14.0 Å². The van der Waals surface area contributed by atoms with E-state index in [0.29, 0.717) is 41.2 Å². The summed E-state index contributed by atoms with van der Waals surface area (Å²) in [7, 11) is 0. The Morgan fingerprint density at radius 2 is 2.04 bits per heavy atom. The van der Waals surface area contributed by atoms with Gasteiger partial charge in [-0.2, -0.15) is 0 Å². The molecule has 1 saturated heterocycles. The maximum atomic E-state index is 13.6. The number of halogens is 2. The molecule has 1 unspecified atom stereocenters. The van der Waals surface area contributed by atoms with Crippen LogP contribution in [0.3, 0.4) is 0 Å². The summed E-state index contributed by atoms with van der Waals surface area (Å²) in [6, 6.07) is 10.0. The van der Waals surface area contributed by atoms with E-state index >= 15 is 0 Å². The van der Waals surface area contributed by atoms with Crippen molar-refractivity contribution in [1.29, 1.82) is 0 Å². The fourth-order valence-electron chi connectivity index (χ4n) is 3.27. The molecule has 1 aliphatic heterocycles. The van der Waals surface area contributed by atoms with Gasteiger partial charge in [0.2, 0.25) is 5.91 Å². The van der Waals surface area contributed by atoms with Crippen LogP contribution in [0.15, 0.2) is 36.4 Å². The molecule has 136 valence electrons. The summed E-state index contributed by atoms with van der Waals surface area (Å²) in [6.07, 6.45) is 1.46. The van der Waals surface area contributed by atoms with Gasteiger partial charge in [0, 0.05) is 24.2 Å². The van der Waals surface area contributed by atoms with Crippen LogP contribution in [0.25, 0.3) is 11.1 Å². The number of rotatable bonds is 3. The Morgan fingerprint density at radius 1 is 1.27 bits per heavy atom. The first-order chi connectivity index (χ1) is 12.4. The van der Waals surface area contributed by atoms with Gasteiger partial charge in [0.05, 0.1) is 10.9 Å². The zero-order valence-electron chi connectivity index (χ0n) is 14.5. The van der Waals surface area contributed by atoms with Gasteiger partial charge in [0.25, 0.3) is 5.91 Å². The summed E-state index contributed by atoms with van der Waals surface area (Å²) in [4.78, 5) is 25.9. The maximum Gasteiger partial charge on any atom is 0.253 e. The first kappa shape index (κ1) is 18.4. The summed E-state index contributed by atoms with van der Waals surface area (Å²) in [5.41, 5.74) is 7.80. The SMILES string of the molecule is Cc1cc(-c2cccc(C(=O)N3CCCC(C(N)=O)C3)c2)c(Cl)cc1F. The molecule has 2 N–H and O–H groups in total. The second kappa shape index (κ2) is 7.46. The number of benzene rings is 2. The standard InChI is InChI=1S/C20H20ClFN2O2/c1-12-8-16(17(21)10-18(12)22)13-4-2-5-14(9-13)20(26)24-7-3-6-15(11-24)19(23)25/h2,4-5,8-10,15H,3,6-7,11H2,1H3,(H2,23,25). The number of carbonyl (C=O) groups excluding carboxylic acids is 2. The van der Waals surface area contributed by atoms with E-state index in [1.165, 1.54) is 6.07 Å². The predicted octanol–water partition coefficient (Wildman–Crippen LogP) is 3.79. The lowest BCUT2D eigenvalue weighted by Crippen LogP contribution is -2.44. The highest BCUT2D eigenvalue weighted by Crippen LogP contribution is 2.31. The summed E-state index contributed by atoms with van der Waals surface area (Å²) in [5.74, 6) is -1.18. The van der Waals surface area contributed by atoms with E-state index in [1.807, 2.05) is 6.07 Å². The average molecular weight is 375 g/mol. The number of nitrogens with zero attached hydrogens (tertiary/aromatic N) is 1. The lowest BCUT2D eigenvalue weighted by molar-refractivity contribution is -0.123. The first-order valence-electron chi connectivity index (χ1n) is 8.51. The van der Waals surface area contributed by atoms with Crippen LogP contribution in [0.2, 0.25) is 5.02 Å². The zero-order chi connectivity index (χ0) is 18.8. The van der Waals surface area contributed by atoms with Gasteiger partial charge in [-0.25, -0.2) is 4.39 Å². The minimum atomic E-state index is -0.371. The summed E-state index contributed by atoms with van der Waals surface area (Å²) < 4.78 is 13.6. The third-order valence-corrected chi connectivity index (χ3v) is 5.09. The van der Waals surface area contributed by atoms with E-state index in [-0.39, 0.29) is 23.5 Å². The highest BCUT2D eigenvalue weighted by molar-refractivity contribution is 6.33. The first-order valence-corrected chi connectivity index (χ1v) is 8.89. The number of piperidine rings is 1. The number of hydrogen-bond acceptors (Lipinski definition) is 2. The molecule has 3 rings (SSSR count). The molecule has 4 nitrogen and oxygen atoms in total. The van der Waals surface area contributed by atoms with Gasteiger partial charge in [-0.15, -0.1) is 0 Å². The van der Waals surface area contributed by atoms with Crippen molar-refractivity contribution in [1.82, 2.24) is 4.90 Å². The van der Waals surface area contributed by atoms with Crippen molar-refractivity contribution in [2.45, 2.75) is 19.8 Å². The molecular weight excluding hydrogens is 355 g/mol. The Balaban J connectivity index is 1.89. The second-order valence-electron chi connectivity index (χ2n) is 6.65. The highest BCUT2D eigenvalue weighted by Gasteiger charge is 2.27. The third-order valence-electron chi connectivity index (χ3n) is 4.78. The molecule has 1 aliphatic rings. The van der Waals surface area contributed by atoms with Crippen molar-refractivity contribution in [2.24, 2.45) is 11.7 Å². The van der Waals surface area contributed by atoms with Crippen LogP contribution in [0.5, 0.6) is 0 Å². The molecule has 0 radical (unpaired) electrons. The van der Waals surface area contributed by atoms with Crippen LogP contribution in [-0.2, 0) is 4.79 Å². The van der Waals surface area contributed by atoms with Crippen molar-refractivity contribution in [2.75, 3.05) is 13.1 Å². The quantitative estimate of drug-likeness (QED) is 0.888. The van der Waals surface area contributed by atoms with Gasteiger partial charge in [-0.1, -0.05) is 23.7 Å². The van der Waals surface area contributed by atoms with E-state index in [1.54, 1.807) is 36.1 Å². The van der Waals surface area contributed by atoms with E-state index in [2.05, 4.69) is 0 Å². The zero-order valence-corrected chi connectivity index (χ0v) is 15.2. The molecule has 1 fully saturated rings. The number of likely N-dealkylation sites (tertiary alicyclic amines) is 1. The second-order valence-corrected chi connectivity index (χ2v) is 7.06. The Morgan fingerprint density at radius 3 is 2.77 bits per heavy atom. The number of carbonyl (C=O) groups is 2. The molecule has 0 aromatic heterocycles. The third kappa shape index (κ3) is 3.73. The number of nitrogens with two attached hydrogens (primary N) is 1. The van der Waals surface area contributed by atoms with Crippen molar-refractivity contribution in [3.63, 3.8) is 0 Å². The van der Waals surface area contributed by atoms with E-state index in [0.717, 1.165) is 12.0 Å². The molecule has 0 spiro atoms. The molecule has 2 aromatic carbocycles. The maximum absolute atomic E-state index is 13.6. The lowest BCUT2D eigenvalue weighted by atomic mass is 9.96. The lowest BCUT2D eigenvalue weighted by Gasteiger charge is -2.31. The molecule has 0 saturated carbocycles. The van der Waals surface area contributed by atoms with Gasteiger partial charge in [0.1, 0.15) is 5.82 Å². The molecule has 2 aromatic rings. The van der Waals surface area contributed by atoms with Crippen LogP contribution in [0, 0.1) is 18.7 Å². The van der Waals surface area contributed by atoms with E-state index in [9.17, 15) is 14.0 Å². The van der Waals surface area contributed by atoms with Crippen molar-refractivity contribution >= 4 is 23.4 Å². The monoisotopic (exact) mass is 374 g/mol. The Bertz CT molecular complexity index is 869. The molecule has 1 heterocycles. The molecule has 6 heteroatoms. The Kier molecular flexibility index (Phi) is 5.28. The van der Waals surface area contributed by atoms with Crippen molar-refractivity contribution in [3.8, 4) is 11.1 Å².